The molecule has 16 heteroatoms. The molecule has 3 aliphatic heterocycles. The second kappa shape index (κ2) is 19.4. The van der Waals surface area contributed by atoms with Crippen LogP contribution in [0.5, 0.6) is 0 Å². The molecule has 0 amide bonds. The normalized spacial score (nSPS) is 20.3. The van der Waals surface area contributed by atoms with Gasteiger partial charge in [-0.15, -0.1) is 0 Å². The summed E-state index contributed by atoms with van der Waals surface area (Å²) in [6.45, 7) is 5.67. The van der Waals surface area contributed by atoms with E-state index in [0.717, 1.165) is 88.3 Å². The lowest BCUT2D eigenvalue weighted by atomic mass is 9.88. The Balaban J connectivity index is 1.08. The molecule has 0 radical (unpaired) electrons. The SMILES string of the molecule is O=C(O)C(Cc1ncc2cccc(CN(Cc3cccc4cnc(CC(C(=O)O)C5CCNC5)nc34)Cc3cccc4cnc(CC(C(=O)O)C5CCNC5)nc34)c2n1)C1CCNC1. The van der Waals surface area contributed by atoms with Crippen molar-refractivity contribution in [1.29, 1.82) is 0 Å². The minimum atomic E-state index is -0.844. The lowest BCUT2D eigenvalue weighted by Crippen LogP contribution is -2.28. The summed E-state index contributed by atoms with van der Waals surface area (Å²) in [5.41, 5.74) is 5.05. The predicted molar refractivity (Wildman–Crippen MR) is 239 cm³/mol. The number of para-hydroxylation sites is 3. The van der Waals surface area contributed by atoms with Gasteiger partial charge >= 0.3 is 17.9 Å². The summed E-state index contributed by atoms with van der Waals surface area (Å²) >= 11 is 0. The number of benzene rings is 3. The van der Waals surface area contributed by atoms with Gasteiger partial charge in [0.1, 0.15) is 17.5 Å². The van der Waals surface area contributed by atoms with Gasteiger partial charge in [-0.1, -0.05) is 54.6 Å². The molecule has 16 nitrogen and oxygen atoms in total. The number of hydrogen-bond donors (Lipinski definition) is 6. The molecule has 0 aliphatic carbocycles. The van der Waals surface area contributed by atoms with Gasteiger partial charge in [-0.3, -0.25) is 19.3 Å². The van der Waals surface area contributed by atoms with Gasteiger partial charge < -0.3 is 31.3 Å². The lowest BCUT2D eigenvalue weighted by molar-refractivity contribution is -0.144. The van der Waals surface area contributed by atoms with E-state index in [-0.39, 0.29) is 37.0 Å². The highest BCUT2D eigenvalue weighted by Gasteiger charge is 2.34. The van der Waals surface area contributed by atoms with Crippen LogP contribution < -0.4 is 16.0 Å². The van der Waals surface area contributed by atoms with Crippen molar-refractivity contribution in [3.8, 4) is 0 Å². The van der Waals surface area contributed by atoms with Crippen molar-refractivity contribution in [3.05, 3.63) is 107 Å². The van der Waals surface area contributed by atoms with Gasteiger partial charge in [0.25, 0.3) is 0 Å². The van der Waals surface area contributed by atoms with Crippen LogP contribution >= 0.6 is 0 Å². The molecule has 6 N–H and O–H groups in total. The first kappa shape index (κ1) is 43.2. The standard InChI is InChI=1S/C48H54N10O6/c59-46(60)37(28-10-13-49-19-28)16-40-52-22-31-4-1-7-34(43(31)55-40)25-58(26-35-8-2-5-32-23-53-41(56-44(32)35)17-38(47(61)62)29-11-14-50-20-29)27-36-9-3-6-33-24-54-42(57-45(33)36)18-39(48(63)64)30-12-15-51-21-30/h1-9,22-24,28-30,37-39,49-51H,10-21,25-27H2,(H,59,60)(H,61,62)(H,63,64). The molecule has 3 aromatic heterocycles. The summed E-state index contributed by atoms with van der Waals surface area (Å²) in [5.74, 6) is -2.87. The van der Waals surface area contributed by atoms with E-state index in [0.29, 0.717) is 56.7 Å². The second-order valence-corrected chi connectivity index (χ2v) is 17.8. The van der Waals surface area contributed by atoms with E-state index in [1.165, 1.54) is 0 Å². The number of rotatable bonds is 18. The molecule has 3 aliphatic rings. The van der Waals surface area contributed by atoms with Crippen LogP contribution in [0.1, 0.15) is 53.4 Å². The van der Waals surface area contributed by atoms with Crippen molar-refractivity contribution in [3.63, 3.8) is 0 Å². The Bertz CT molecular complexity index is 2380. The number of hydrogen-bond acceptors (Lipinski definition) is 13. The van der Waals surface area contributed by atoms with E-state index >= 15 is 0 Å². The van der Waals surface area contributed by atoms with Crippen LogP contribution in [-0.2, 0) is 53.3 Å². The van der Waals surface area contributed by atoms with Crippen molar-refractivity contribution >= 4 is 50.6 Å². The van der Waals surface area contributed by atoms with E-state index in [1.807, 2.05) is 54.6 Å². The fourth-order valence-electron chi connectivity index (χ4n) is 10.0. The molecular weight excluding hydrogens is 813 g/mol. The number of fused-ring (bicyclic) bond motifs is 3. The van der Waals surface area contributed by atoms with Crippen LogP contribution in [0.3, 0.4) is 0 Å². The Morgan fingerprint density at radius 2 is 0.828 bits per heavy atom. The minimum Gasteiger partial charge on any atom is -0.481 e. The van der Waals surface area contributed by atoms with Gasteiger partial charge in [0.2, 0.25) is 0 Å². The average molecular weight is 867 g/mol. The third kappa shape index (κ3) is 9.70. The zero-order valence-electron chi connectivity index (χ0n) is 35.7. The van der Waals surface area contributed by atoms with Crippen LogP contribution in [-0.4, -0.2) is 107 Å². The summed E-state index contributed by atoms with van der Waals surface area (Å²) in [6, 6.07) is 18.0. The maximum absolute atomic E-state index is 12.5. The third-order valence-electron chi connectivity index (χ3n) is 13.6. The van der Waals surface area contributed by atoms with Gasteiger partial charge in [0.05, 0.1) is 34.3 Å². The number of aliphatic carboxylic acids is 3. The Hall–Kier alpha value is -6.07. The van der Waals surface area contributed by atoms with Crippen LogP contribution in [0.25, 0.3) is 32.7 Å². The van der Waals surface area contributed by atoms with E-state index < -0.39 is 35.7 Å². The van der Waals surface area contributed by atoms with Crippen molar-refractivity contribution in [1.82, 2.24) is 50.8 Å². The summed E-state index contributed by atoms with van der Waals surface area (Å²) in [4.78, 5) is 68.7. The first-order valence-corrected chi connectivity index (χ1v) is 22.4. The van der Waals surface area contributed by atoms with Gasteiger partial charge in [-0.05, 0) is 93.0 Å². The molecule has 6 unspecified atom stereocenters. The highest BCUT2D eigenvalue weighted by molar-refractivity contribution is 5.83. The van der Waals surface area contributed by atoms with Crippen LogP contribution in [0.4, 0.5) is 0 Å². The molecule has 0 bridgehead atoms. The molecule has 6 aromatic rings. The zero-order chi connectivity index (χ0) is 44.2. The molecule has 3 saturated heterocycles. The predicted octanol–water partition coefficient (Wildman–Crippen LogP) is 4.28. The van der Waals surface area contributed by atoms with Crippen LogP contribution in [0.2, 0.25) is 0 Å². The van der Waals surface area contributed by atoms with E-state index in [9.17, 15) is 29.7 Å². The lowest BCUT2D eigenvalue weighted by Gasteiger charge is -2.25. The Morgan fingerprint density at radius 1 is 0.516 bits per heavy atom. The Labute approximate surface area is 370 Å². The highest BCUT2D eigenvalue weighted by atomic mass is 16.4. The summed E-state index contributed by atoms with van der Waals surface area (Å²) in [6.07, 6.45) is 8.40. The maximum Gasteiger partial charge on any atom is 0.307 e. The molecule has 0 spiro atoms. The number of nitrogens with zero attached hydrogens (tertiary/aromatic N) is 7. The van der Waals surface area contributed by atoms with E-state index in [4.69, 9.17) is 15.0 Å². The maximum atomic E-state index is 12.5. The van der Waals surface area contributed by atoms with Crippen molar-refractivity contribution in [2.24, 2.45) is 35.5 Å². The molecule has 0 saturated carbocycles. The van der Waals surface area contributed by atoms with Gasteiger partial charge in [0.15, 0.2) is 0 Å². The molecule has 3 aromatic carbocycles. The summed E-state index contributed by atoms with van der Waals surface area (Å²) in [5, 5.41) is 43.1. The molecule has 64 heavy (non-hydrogen) atoms. The van der Waals surface area contributed by atoms with Crippen molar-refractivity contribution < 1.29 is 29.7 Å². The van der Waals surface area contributed by atoms with Crippen molar-refractivity contribution in [2.75, 3.05) is 39.3 Å². The fraction of sp³-hybridized carbons (Fsp3) is 0.438. The number of carboxylic acid groups (broad SMARTS) is 3. The van der Waals surface area contributed by atoms with E-state index in [2.05, 4.69) is 35.8 Å². The first-order chi connectivity index (χ1) is 31.2. The molecule has 6 heterocycles. The van der Waals surface area contributed by atoms with Gasteiger partial charge in [-0.2, -0.15) is 0 Å². The van der Waals surface area contributed by atoms with Gasteiger partial charge in [0, 0.05) is 73.6 Å². The van der Waals surface area contributed by atoms with Crippen LogP contribution in [0.15, 0.2) is 73.2 Å². The number of aromatic nitrogens is 6. The van der Waals surface area contributed by atoms with Gasteiger partial charge in [-0.25, -0.2) is 29.9 Å². The zero-order valence-corrected chi connectivity index (χ0v) is 35.7. The highest BCUT2D eigenvalue weighted by Crippen LogP contribution is 2.30. The Kier molecular flexibility index (Phi) is 13.1. The van der Waals surface area contributed by atoms with Crippen LogP contribution in [0, 0.1) is 35.5 Å². The summed E-state index contributed by atoms with van der Waals surface area (Å²) < 4.78 is 0. The van der Waals surface area contributed by atoms with E-state index in [1.54, 1.807) is 18.6 Å². The second-order valence-electron chi connectivity index (χ2n) is 17.8. The molecule has 3 fully saturated rings. The summed E-state index contributed by atoms with van der Waals surface area (Å²) in [7, 11) is 0. The Morgan fingerprint density at radius 3 is 1.09 bits per heavy atom. The number of carbonyl (C=O) groups is 3. The monoisotopic (exact) mass is 866 g/mol. The topological polar surface area (TPSA) is 229 Å². The first-order valence-electron chi connectivity index (χ1n) is 22.4. The smallest absolute Gasteiger partial charge is 0.307 e. The molecular formula is C48H54N10O6. The number of nitrogens with one attached hydrogen (secondary N) is 3. The quantitative estimate of drug-likeness (QED) is 0.0709. The van der Waals surface area contributed by atoms with Crippen molar-refractivity contribution in [2.45, 2.75) is 58.2 Å². The largest absolute Gasteiger partial charge is 0.481 e. The fourth-order valence-corrected chi connectivity index (χ4v) is 10.0. The average Bonchev–Trinajstić information content (AvgIpc) is 4.13. The molecule has 332 valence electrons. The minimum absolute atomic E-state index is 0.00188. The molecule has 6 atom stereocenters. The third-order valence-corrected chi connectivity index (χ3v) is 13.6. The number of carboxylic acids is 3. The molecule has 9 rings (SSSR count).